The van der Waals surface area contributed by atoms with Gasteiger partial charge in [-0.25, -0.2) is 0 Å². The van der Waals surface area contributed by atoms with Crippen LogP contribution in [0.1, 0.15) is 51.3 Å². The van der Waals surface area contributed by atoms with Gasteiger partial charge in [0.25, 0.3) is 0 Å². The second-order valence-corrected chi connectivity index (χ2v) is 6.32. The zero-order valence-corrected chi connectivity index (χ0v) is 13.0. The first-order chi connectivity index (χ1) is 9.51. The molecule has 0 aliphatic carbocycles. The maximum Gasteiger partial charge on any atom is 0.416 e. The van der Waals surface area contributed by atoms with Crippen LogP contribution in [0, 0.1) is 5.92 Å². The topological polar surface area (TPSA) is 32.3 Å². The van der Waals surface area contributed by atoms with Crippen molar-refractivity contribution in [2.75, 3.05) is 6.54 Å². The quantitative estimate of drug-likeness (QED) is 0.827. The van der Waals surface area contributed by atoms with E-state index in [1.807, 2.05) is 20.8 Å². The van der Waals surface area contributed by atoms with Crippen molar-refractivity contribution in [3.05, 3.63) is 35.4 Å². The first-order valence-corrected chi connectivity index (χ1v) is 7.14. The highest BCUT2D eigenvalue weighted by molar-refractivity contribution is 5.26. The lowest BCUT2D eigenvalue weighted by Gasteiger charge is -2.27. The molecule has 2 nitrogen and oxygen atoms in total. The Balaban J connectivity index is 2.62. The van der Waals surface area contributed by atoms with Gasteiger partial charge in [-0.15, -0.1) is 0 Å². The van der Waals surface area contributed by atoms with E-state index in [2.05, 4.69) is 5.32 Å². The Labute approximate surface area is 124 Å². The summed E-state index contributed by atoms with van der Waals surface area (Å²) in [5.41, 5.74) is -0.706. The van der Waals surface area contributed by atoms with E-state index in [0.717, 1.165) is 17.7 Å². The van der Waals surface area contributed by atoms with Gasteiger partial charge in [0.15, 0.2) is 0 Å². The van der Waals surface area contributed by atoms with Crippen molar-refractivity contribution in [2.45, 2.75) is 51.9 Å². The van der Waals surface area contributed by atoms with Crippen molar-refractivity contribution in [3.63, 3.8) is 0 Å². The summed E-state index contributed by atoms with van der Waals surface area (Å²) in [5.74, 6) is 0.378. The van der Waals surface area contributed by atoms with Crippen LogP contribution in [-0.4, -0.2) is 17.3 Å². The molecule has 0 fully saturated rings. The molecule has 2 N–H and O–H groups in total. The smallest absolute Gasteiger partial charge is 0.389 e. The van der Waals surface area contributed by atoms with Crippen molar-refractivity contribution < 1.29 is 18.3 Å². The Bertz CT molecular complexity index is 438. The van der Waals surface area contributed by atoms with E-state index in [-0.39, 0.29) is 6.04 Å². The lowest BCUT2D eigenvalue weighted by Crippen LogP contribution is -2.39. The summed E-state index contributed by atoms with van der Waals surface area (Å²) in [5, 5.41) is 13.4. The highest BCUT2D eigenvalue weighted by Gasteiger charge is 2.30. The number of aliphatic hydroxyl groups is 1. The minimum absolute atomic E-state index is 0.120. The van der Waals surface area contributed by atoms with Crippen molar-refractivity contribution >= 4 is 0 Å². The zero-order valence-electron chi connectivity index (χ0n) is 13.0. The van der Waals surface area contributed by atoms with Crippen molar-refractivity contribution in [3.8, 4) is 0 Å². The predicted molar refractivity (Wildman–Crippen MR) is 77.9 cm³/mol. The zero-order chi connectivity index (χ0) is 16.3. The summed E-state index contributed by atoms with van der Waals surface area (Å²) in [6.45, 7) is 8.10. The maximum absolute atomic E-state index is 12.5. The van der Waals surface area contributed by atoms with Crippen LogP contribution in [0.2, 0.25) is 0 Å². The molecule has 5 heteroatoms. The van der Waals surface area contributed by atoms with E-state index in [1.54, 1.807) is 6.92 Å². The number of halogens is 3. The van der Waals surface area contributed by atoms with Crippen LogP contribution >= 0.6 is 0 Å². The third kappa shape index (κ3) is 6.06. The number of rotatable bonds is 6. The predicted octanol–water partition coefficient (Wildman–Crippen LogP) is 4.15. The highest BCUT2D eigenvalue weighted by atomic mass is 19.4. The standard InChI is InChI=1S/C16H24F3NO/c1-11(2)9-15(4,21)10-20-12(3)13-5-7-14(8-6-13)16(17,18)19/h5-8,11-12,20-21H,9-10H2,1-4H3. The average molecular weight is 303 g/mol. The molecule has 0 spiro atoms. The summed E-state index contributed by atoms with van der Waals surface area (Å²) in [6.07, 6.45) is -3.64. The fraction of sp³-hybridized carbons (Fsp3) is 0.625. The van der Waals surface area contributed by atoms with E-state index in [4.69, 9.17) is 0 Å². The van der Waals surface area contributed by atoms with Crippen molar-refractivity contribution in [1.29, 1.82) is 0 Å². The van der Waals surface area contributed by atoms with Crippen LogP contribution in [-0.2, 0) is 6.18 Å². The average Bonchev–Trinajstić information content (AvgIpc) is 2.33. The van der Waals surface area contributed by atoms with Crippen LogP contribution in [0.3, 0.4) is 0 Å². The largest absolute Gasteiger partial charge is 0.416 e. The Hall–Kier alpha value is -1.07. The van der Waals surface area contributed by atoms with E-state index in [1.165, 1.54) is 12.1 Å². The Morgan fingerprint density at radius 2 is 1.62 bits per heavy atom. The second kappa shape index (κ2) is 6.79. The molecule has 1 aromatic rings. The number of alkyl halides is 3. The molecule has 0 heterocycles. The molecule has 0 aliphatic heterocycles. The third-order valence-corrected chi connectivity index (χ3v) is 3.38. The molecule has 0 radical (unpaired) electrons. The summed E-state index contributed by atoms with van der Waals surface area (Å²) in [7, 11) is 0. The molecular formula is C16H24F3NO. The summed E-state index contributed by atoms with van der Waals surface area (Å²) >= 11 is 0. The lowest BCUT2D eigenvalue weighted by molar-refractivity contribution is -0.137. The van der Waals surface area contributed by atoms with Gasteiger partial charge in [0, 0.05) is 12.6 Å². The summed E-state index contributed by atoms with van der Waals surface area (Å²) < 4.78 is 37.5. The molecule has 1 aromatic carbocycles. The van der Waals surface area contributed by atoms with Crippen molar-refractivity contribution in [1.82, 2.24) is 5.32 Å². The molecule has 0 aromatic heterocycles. The first-order valence-electron chi connectivity index (χ1n) is 7.14. The number of hydrogen-bond donors (Lipinski definition) is 2. The normalized spacial score (nSPS) is 16.8. The van der Waals surface area contributed by atoms with Gasteiger partial charge in [-0.3, -0.25) is 0 Å². The monoisotopic (exact) mass is 303 g/mol. The minimum atomic E-state index is -4.31. The molecule has 0 amide bonds. The second-order valence-electron chi connectivity index (χ2n) is 6.32. The minimum Gasteiger partial charge on any atom is -0.389 e. The summed E-state index contributed by atoms with van der Waals surface area (Å²) in [6, 6.07) is 4.99. The van der Waals surface area contributed by atoms with E-state index in [0.29, 0.717) is 18.9 Å². The number of nitrogens with one attached hydrogen (secondary N) is 1. The van der Waals surface area contributed by atoms with Crippen LogP contribution < -0.4 is 5.32 Å². The molecule has 2 unspecified atom stereocenters. The van der Waals surface area contributed by atoms with Gasteiger partial charge in [0.2, 0.25) is 0 Å². The van der Waals surface area contributed by atoms with Crippen LogP contribution in [0.25, 0.3) is 0 Å². The van der Waals surface area contributed by atoms with Crippen LogP contribution in [0.4, 0.5) is 13.2 Å². The van der Waals surface area contributed by atoms with Gasteiger partial charge in [0.05, 0.1) is 11.2 Å². The molecule has 0 saturated heterocycles. The molecular weight excluding hydrogens is 279 g/mol. The van der Waals surface area contributed by atoms with Crippen LogP contribution in [0.15, 0.2) is 24.3 Å². The van der Waals surface area contributed by atoms with Gasteiger partial charge >= 0.3 is 6.18 Å². The molecule has 21 heavy (non-hydrogen) atoms. The van der Waals surface area contributed by atoms with Gasteiger partial charge in [-0.1, -0.05) is 26.0 Å². The highest BCUT2D eigenvalue weighted by Crippen LogP contribution is 2.30. The lowest BCUT2D eigenvalue weighted by atomic mass is 9.94. The van der Waals surface area contributed by atoms with E-state index < -0.39 is 17.3 Å². The Morgan fingerprint density at radius 3 is 2.05 bits per heavy atom. The van der Waals surface area contributed by atoms with E-state index in [9.17, 15) is 18.3 Å². The maximum atomic E-state index is 12.5. The molecule has 0 saturated carbocycles. The van der Waals surface area contributed by atoms with E-state index >= 15 is 0 Å². The fourth-order valence-electron chi connectivity index (χ4n) is 2.40. The molecule has 2 atom stereocenters. The first kappa shape index (κ1) is 18.0. The number of benzene rings is 1. The van der Waals surface area contributed by atoms with Gasteiger partial charge in [0.1, 0.15) is 0 Å². The SMILES string of the molecule is CC(C)CC(C)(O)CNC(C)c1ccc(C(F)(F)F)cc1. The third-order valence-electron chi connectivity index (χ3n) is 3.38. The fourth-order valence-corrected chi connectivity index (χ4v) is 2.40. The molecule has 0 aliphatic rings. The van der Waals surface area contributed by atoms with Crippen LogP contribution in [0.5, 0.6) is 0 Å². The Kier molecular flexibility index (Phi) is 5.82. The van der Waals surface area contributed by atoms with Gasteiger partial charge < -0.3 is 10.4 Å². The van der Waals surface area contributed by atoms with Crippen molar-refractivity contribution in [2.24, 2.45) is 5.92 Å². The van der Waals surface area contributed by atoms with Gasteiger partial charge in [-0.2, -0.15) is 13.2 Å². The number of hydrogen-bond acceptors (Lipinski definition) is 2. The Morgan fingerprint density at radius 1 is 1.10 bits per heavy atom. The van der Waals surface area contributed by atoms with Gasteiger partial charge in [-0.05, 0) is 43.9 Å². The molecule has 1 rings (SSSR count). The summed E-state index contributed by atoms with van der Waals surface area (Å²) in [4.78, 5) is 0. The molecule has 120 valence electrons. The molecule has 0 bridgehead atoms.